The second-order valence-corrected chi connectivity index (χ2v) is 10.7. The fourth-order valence-corrected chi connectivity index (χ4v) is 6.78. The zero-order valence-electron chi connectivity index (χ0n) is 18.9. The average molecular weight is 537 g/mol. The number of aliphatic hydroxyl groups excluding tert-OH is 1. The number of nitrogens with zero attached hydrogens (tertiary/aromatic N) is 5. The molecule has 4 aliphatic heterocycles. The molecule has 5 atom stereocenters. The minimum absolute atomic E-state index is 0.0748. The van der Waals surface area contributed by atoms with Gasteiger partial charge < -0.3 is 36.4 Å². The fraction of sp³-hybridized carbons (Fsp3) is 0.550. The van der Waals surface area contributed by atoms with Crippen LogP contribution in [0.2, 0.25) is 0 Å². The van der Waals surface area contributed by atoms with Gasteiger partial charge in [0.05, 0.1) is 0 Å². The van der Waals surface area contributed by atoms with Crippen molar-refractivity contribution >= 4 is 46.2 Å². The quantitative estimate of drug-likeness (QED) is 0.210. The number of nitroso groups, excluding NO2 is 1. The number of carboxylic acid groups (broad SMARTS) is 1. The van der Waals surface area contributed by atoms with Crippen LogP contribution in [-0.4, -0.2) is 96.2 Å². The number of allylic oxidation sites excluding steroid dienone is 1. The van der Waals surface area contributed by atoms with E-state index in [4.69, 9.17) is 5.73 Å². The van der Waals surface area contributed by atoms with Gasteiger partial charge in [-0.3, -0.25) is 9.59 Å². The van der Waals surface area contributed by atoms with Gasteiger partial charge in [0.2, 0.25) is 11.9 Å². The van der Waals surface area contributed by atoms with Crippen LogP contribution >= 0.6 is 23.3 Å². The highest BCUT2D eigenvalue weighted by Crippen LogP contribution is 2.43. The molecule has 0 spiro atoms. The summed E-state index contributed by atoms with van der Waals surface area (Å²) in [7, 11) is 0. The van der Waals surface area contributed by atoms with Crippen LogP contribution in [0.3, 0.4) is 0 Å². The first-order valence-electron chi connectivity index (χ1n) is 11.3. The number of fused-ring (bicyclic) bond motifs is 1. The number of hydrogen-bond acceptors (Lipinski definition) is 13. The number of carboxylic acids is 1. The summed E-state index contributed by atoms with van der Waals surface area (Å²) >= 11 is 2.13. The maximum Gasteiger partial charge on any atom is 0.352 e. The van der Waals surface area contributed by atoms with Gasteiger partial charge in [-0.05, 0) is 36.2 Å². The Morgan fingerprint density at radius 3 is 2.83 bits per heavy atom. The molecule has 6 N–H and O–H groups in total. The van der Waals surface area contributed by atoms with Gasteiger partial charge in [0.15, 0.2) is 17.2 Å². The molecule has 1 aromatic rings. The number of aliphatic carboxylic acids is 1. The Labute approximate surface area is 213 Å². The van der Waals surface area contributed by atoms with E-state index in [1.54, 1.807) is 6.08 Å². The van der Waals surface area contributed by atoms with Gasteiger partial charge in [-0.25, -0.2) is 9.78 Å². The van der Waals surface area contributed by atoms with Gasteiger partial charge in [0.25, 0.3) is 5.91 Å². The number of likely N-dealkylation sites (tertiary alicyclic amines) is 1. The summed E-state index contributed by atoms with van der Waals surface area (Å²) in [6.45, 7) is 2.20. The molecule has 0 aliphatic carbocycles. The van der Waals surface area contributed by atoms with Crippen molar-refractivity contribution in [1.29, 1.82) is 0 Å². The topological polar surface area (TPSA) is 203 Å². The highest BCUT2D eigenvalue weighted by Gasteiger charge is 2.54. The fourth-order valence-electron chi connectivity index (χ4n) is 4.94. The third-order valence-electron chi connectivity index (χ3n) is 6.71. The molecule has 36 heavy (non-hydrogen) atoms. The molecular formula is C20H24N8O6S2. The highest BCUT2D eigenvalue weighted by atomic mass is 32.2. The van der Waals surface area contributed by atoms with Crippen LogP contribution in [0.4, 0.5) is 5.13 Å². The predicted octanol–water partition coefficient (Wildman–Crippen LogP) is -1.02. The van der Waals surface area contributed by atoms with Crippen molar-refractivity contribution in [1.82, 2.24) is 29.8 Å². The number of aliphatic hydroxyl groups is 1. The minimum Gasteiger partial charge on any atom is -0.477 e. The maximum atomic E-state index is 12.9. The molecule has 5 rings (SSSR count). The summed E-state index contributed by atoms with van der Waals surface area (Å²) in [4.78, 5) is 56.0. The van der Waals surface area contributed by atoms with E-state index in [2.05, 4.69) is 25.2 Å². The Bertz CT molecular complexity index is 1160. The number of nitrogen functional groups attached to an aromatic ring is 1. The molecule has 3 saturated heterocycles. The Kier molecular flexibility index (Phi) is 6.67. The largest absolute Gasteiger partial charge is 0.477 e. The first kappa shape index (κ1) is 24.6. The van der Waals surface area contributed by atoms with Crippen LogP contribution in [0.5, 0.6) is 0 Å². The molecule has 0 radical (unpaired) electrons. The Hall–Kier alpha value is -3.08. The molecule has 2 amide bonds. The van der Waals surface area contributed by atoms with Crippen molar-refractivity contribution in [2.24, 2.45) is 5.18 Å². The minimum atomic E-state index is -1.55. The monoisotopic (exact) mass is 536 g/mol. The first-order valence-corrected chi connectivity index (χ1v) is 13.1. The summed E-state index contributed by atoms with van der Waals surface area (Å²) in [6, 6.07) is -2.26. The third kappa shape index (κ3) is 4.23. The number of hydrogen-bond donors (Lipinski definition) is 5. The lowest BCUT2D eigenvalue weighted by Crippen LogP contribution is -2.73. The molecule has 14 nitrogen and oxygen atoms in total. The number of nitrogens with two attached hydrogens (primary N) is 1. The van der Waals surface area contributed by atoms with Crippen LogP contribution < -0.4 is 16.4 Å². The number of amides is 2. The molecule has 4 aliphatic rings. The summed E-state index contributed by atoms with van der Waals surface area (Å²) in [6.07, 6.45) is 1.68. The van der Waals surface area contributed by atoms with E-state index >= 15 is 0 Å². The van der Waals surface area contributed by atoms with Crippen molar-refractivity contribution < 1.29 is 24.6 Å². The van der Waals surface area contributed by atoms with Gasteiger partial charge in [0.1, 0.15) is 17.1 Å². The molecule has 0 aromatic carbocycles. The van der Waals surface area contributed by atoms with Crippen molar-refractivity contribution in [3.63, 3.8) is 0 Å². The molecule has 16 heteroatoms. The number of aromatic nitrogens is 2. The van der Waals surface area contributed by atoms with Crippen molar-refractivity contribution in [2.75, 3.05) is 31.1 Å². The number of carbonyl (C=O) groups is 3. The highest BCUT2D eigenvalue weighted by molar-refractivity contribution is 8.00. The number of thioether (sulfide) groups is 1. The van der Waals surface area contributed by atoms with E-state index in [-0.39, 0.29) is 34.4 Å². The predicted molar refractivity (Wildman–Crippen MR) is 129 cm³/mol. The summed E-state index contributed by atoms with van der Waals surface area (Å²) in [5, 5.41) is 28.8. The van der Waals surface area contributed by atoms with Gasteiger partial charge in [0, 0.05) is 42.0 Å². The second-order valence-electron chi connectivity index (χ2n) is 8.80. The third-order valence-corrected chi connectivity index (χ3v) is 8.60. The van der Waals surface area contributed by atoms with Crippen LogP contribution in [0, 0.1) is 4.91 Å². The van der Waals surface area contributed by atoms with Gasteiger partial charge in [-0.1, -0.05) is 0 Å². The SMILES string of the molecule is Nc1nc(C(N=O)C(=O)NC2C(O)N3C(C(=O)O)=C(C=C4CCN(C5CCNC5)C4=O)CSC23)ns1. The Balaban J connectivity index is 1.32. The van der Waals surface area contributed by atoms with E-state index in [0.29, 0.717) is 24.1 Å². The zero-order chi connectivity index (χ0) is 25.6. The van der Waals surface area contributed by atoms with E-state index in [1.165, 1.54) is 16.7 Å². The average Bonchev–Trinajstić information content (AvgIpc) is 3.60. The molecule has 3 fully saturated rings. The van der Waals surface area contributed by atoms with E-state index in [9.17, 15) is 29.5 Å². The number of carbonyl (C=O) groups excluding carboxylic acids is 2. The Morgan fingerprint density at radius 2 is 2.19 bits per heavy atom. The number of anilines is 1. The molecule has 5 unspecified atom stereocenters. The lowest BCUT2D eigenvalue weighted by Gasteiger charge is -2.55. The molecule has 0 bridgehead atoms. The van der Waals surface area contributed by atoms with E-state index < -0.39 is 35.6 Å². The van der Waals surface area contributed by atoms with Crippen LogP contribution in [0.1, 0.15) is 24.7 Å². The first-order chi connectivity index (χ1) is 17.3. The summed E-state index contributed by atoms with van der Waals surface area (Å²) in [5.74, 6) is -2.03. The maximum absolute atomic E-state index is 12.9. The van der Waals surface area contributed by atoms with E-state index in [0.717, 1.165) is 31.0 Å². The van der Waals surface area contributed by atoms with Crippen LogP contribution in [0.15, 0.2) is 28.1 Å². The Morgan fingerprint density at radius 1 is 1.39 bits per heavy atom. The van der Waals surface area contributed by atoms with E-state index in [1.807, 2.05) is 4.90 Å². The number of nitrogens with one attached hydrogen (secondary N) is 2. The smallest absolute Gasteiger partial charge is 0.352 e. The lowest BCUT2D eigenvalue weighted by molar-refractivity contribution is -0.148. The molecule has 0 saturated carbocycles. The summed E-state index contributed by atoms with van der Waals surface area (Å²) < 4.78 is 3.84. The van der Waals surface area contributed by atoms with Crippen molar-refractivity contribution in [3.05, 3.63) is 33.7 Å². The normalized spacial score (nSPS) is 29.8. The number of rotatable bonds is 7. The lowest BCUT2D eigenvalue weighted by atomic mass is 9.99. The van der Waals surface area contributed by atoms with Gasteiger partial charge in [-0.2, -0.15) is 4.37 Å². The second kappa shape index (κ2) is 9.76. The van der Waals surface area contributed by atoms with Crippen molar-refractivity contribution in [3.8, 4) is 0 Å². The van der Waals surface area contributed by atoms with Crippen molar-refractivity contribution in [2.45, 2.75) is 42.6 Å². The van der Waals surface area contributed by atoms with Crippen LogP contribution in [0.25, 0.3) is 0 Å². The standard InChI is InChI=1S/C20H24N8O6S2/c21-20-24-14(26-36-20)11(25-34)15(29)23-12-17(31)28-13(19(32)33)9(7-35-18(12)28)5-8-2-4-27(16(8)30)10-1-3-22-6-10/h5,10-12,17-18,22,31H,1-4,6-7H2,(H,23,29)(H,32,33)(H2,21,24,26). The summed E-state index contributed by atoms with van der Waals surface area (Å²) in [5.41, 5.74) is 6.37. The molecule has 1 aromatic heterocycles. The molecular weight excluding hydrogens is 512 g/mol. The molecule has 5 heterocycles. The van der Waals surface area contributed by atoms with Gasteiger partial charge in [-0.15, -0.1) is 16.7 Å². The van der Waals surface area contributed by atoms with Gasteiger partial charge >= 0.3 is 5.97 Å². The van der Waals surface area contributed by atoms with Crippen LogP contribution in [-0.2, 0) is 14.4 Å². The zero-order valence-corrected chi connectivity index (χ0v) is 20.5. The molecule has 192 valence electrons.